The van der Waals surface area contributed by atoms with Crippen LogP contribution in [-0.2, 0) is 15.6 Å². The minimum atomic E-state index is -0.884. The van der Waals surface area contributed by atoms with Gasteiger partial charge in [0.2, 0.25) is 5.91 Å². The van der Waals surface area contributed by atoms with Crippen LogP contribution in [-0.4, -0.2) is 40.3 Å². The van der Waals surface area contributed by atoms with Crippen molar-refractivity contribution in [3.8, 4) is 0 Å². The minimum absolute atomic E-state index is 0. The molecule has 1 amide bonds. The third-order valence-corrected chi connectivity index (χ3v) is 5.18. The van der Waals surface area contributed by atoms with Gasteiger partial charge in [0.1, 0.15) is 0 Å². The molecule has 1 aliphatic heterocycles. The summed E-state index contributed by atoms with van der Waals surface area (Å²) in [5.41, 5.74) is 0. The van der Waals surface area contributed by atoms with E-state index in [0.717, 1.165) is 19.5 Å². The fourth-order valence-electron chi connectivity index (χ4n) is 1.97. The summed E-state index contributed by atoms with van der Waals surface area (Å²) < 4.78 is 11.6. The smallest absolute Gasteiger partial charge is 0.220 e. The fraction of sp³-hybridized carbons (Fsp3) is 0.923. The molecule has 2 unspecified atom stereocenters. The predicted octanol–water partition coefficient (Wildman–Crippen LogP) is 1.46. The van der Waals surface area contributed by atoms with E-state index in [1.165, 1.54) is 6.42 Å². The summed E-state index contributed by atoms with van der Waals surface area (Å²) in [7, 11) is -0.884. The van der Waals surface area contributed by atoms with Crippen LogP contribution in [0.3, 0.4) is 0 Å². The Bertz CT molecular complexity index is 300. The van der Waals surface area contributed by atoms with Crippen molar-refractivity contribution in [3.05, 3.63) is 0 Å². The van der Waals surface area contributed by atoms with Gasteiger partial charge in [-0.15, -0.1) is 12.4 Å². The molecule has 6 heteroatoms. The number of halogens is 1. The SMILES string of the molecule is CC(C)(C)S(=O)CCNC(=O)CCC1CCNC1.Cl. The first kappa shape index (κ1) is 18.9. The molecule has 2 atom stereocenters. The van der Waals surface area contributed by atoms with Crippen LogP contribution in [0.5, 0.6) is 0 Å². The van der Waals surface area contributed by atoms with Crippen molar-refractivity contribution in [3.63, 3.8) is 0 Å². The molecule has 0 aliphatic carbocycles. The Morgan fingerprint density at radius 2 is 2.11 bits per heavy atom. The van der Waals surface area contributed by atoms with Crippen molar-refractivity contribution >= 4 is 29.1 Å². The predicted molar refractivity (Wildman–Crippen MR) is 83.2 cm³/mol. The molecule has 0 aromatic rings. The van der Waals surface area contributed by atoms with Crippen LogP contribution in [0, 0.1) is 5.92 Å². The highest BCUT2D eigenvalue weighted by Crippen LogP contribution is 2.14. The van der Waals surface area contributed by atoms with Crippen LogP contribution >= 0.6 is 12.4 Å². The van der Waals surface area contributed by atoms with Gasteiger partial charge in [0.05, 0.1) is 0 Å². The van der Waals surface area contributed by atoms with Gasteiger partial charge in [0.15, 0.2) is 0 Å². The van der Waals surface area contributed by atoms with Crippen LogP contribution in [0.25, 0.3) is 0 Å². The normalized spacial score (nSPS) is 20.7. The number of carbonyl (C=O) groups is 1. The number of carbonyl (C=O) groups excluding carboxylic acids is 1. The molecule has 4 nitrogen and oxygen atoms in total. The first-order valence-corrected chi connectivity index (χ1v) is 8.07. The third-order valence-electron chi connectivity index (χ3n) is 3.23. The van der Waals surface area contributed by atoms with Gasteiger partial charge >= 0.3 is 0 Å². The Morgan fingerprint density at radius 3 is 2.63 bits per heavy atom. The monoisotopic (exact) mass is 310 g/mol. The molecule has 0 saturated carbocycles. The number of hydrogen-bond acceptors (Lipinski definition) is 3. The minimum Gasteiger partial charge on any atom is -0.355 e. The van der Waals surface area contributed by atoms with Gasteiger partial charge in [-0.25, -0.2) is 0 Å². The lowest BCUT2D eigenvalue weighted by Crippen LogP contribution is -2.32. The summed E-state index contributed by atoms with van der Waals surface area (Å²) in [6, 6.07) is 0. The Kier molecular flexibility index (Phi) is 8.86. The number of hydrogen-bond donors (Lipinski definition) is 2. The second-order valence-corrected chi connectivity index (χ2v) is 8.23. The largest absolute Gasteiger partial charge is 0.355 e. The standard InChI is InChI=1S/C13H26N2O2S.ClH/c1-13(2,3)18(17)9-8-15-12(16)5-4-11-6-7-14-10-11;/h11,14H,4-10H2,1-3H3,(H,15,16);1H. The van der Waals surface area contributed by atoms with Crippen molar-refractivity contribution in [1.29, 1.82) is 0 Å². The molecule has 2 N–H and O–H groups in total. The topological polar surface area (TPSA) is 58.2 Å². The van der Waals surface area contributed by atoms with Crippen molar-refractivity contribution < 1.29 is 9.00 Å². The highest BCUT2D eigenvalue weighted by atomic mass is 35.5. The lowest BCUT2D eigenvalue weighted by atomic mass is 10.0. The molecule has 1 saturated heterocycles. The maximum absolute atomic E-state index is 11.8. The summed E-state index contributed by atoms with van der Waals surface area (Å²) in [5, 5.41) is 6.16. The maximum atomic E-state index is 11.8. The van der Waals surface area contributed by atoms with Crippen molar-refractivity contribution in [2.24, 2.45) is 5.92 Å². The highest BCUT2D eigenvalue weighted by Gasteiger charge is 2.19. The van der Waals surface area contributed by atoms with E-state index >= 15 is 0 Å². The van der Waals surface area contributed by atoms with Crippen molar-refractivity contribution in [2.45, 2.75) is 44.8 Å². The fourth-order valence-corrected chi connectivity index (χ4v) is 2.87. The molecule has 0 radical (unpaired) electrons. The Morgan fingerprint density at radius 1 is 1.42 bits per heavy atom. The summed E-state index contributed by atoms with van der Waals surface area (Å²) in [4.78, 5) is 11.6. The van der Waals surface area contributed by atoms with Crippen LogP contribution in [0.2, 0.25) is 0 Å². The molecular formula is C13H27ClN2O2S. The highest BCUT2D eigenvalue weighted by molar-refractivity contribution is 7.86. The molecule has 0 aromatic heterocycles. The molecule has 1 heterocycles. The number of rotatable bonds is 6. The van der Waals surface area contributed by atoms with Crippen LogP contribution in [0.1, 0.15) is 40.0 Å². The van der Waals surface area contributed by atoms with E-state index in [0.29, 0.717) is 24.6 Å². The first-order chi connectivity index (χ1) is 8.39. The quantitative estimate of drug-likeness (QED) is 0.781. The lowest BCUT2D eigenvalue weighted by molar-refractivity contribution is -0.121. The average Bonchev–Trinajstić information content (AvgIpc) is 2.77. The third kappa shape index (κ3) is 7.90. The molecule has 0 aromatic carbocycles. The molecule has 19 heavy (non-hydrogen) atoms. The van der Waals surface area contributed by atoms with Gasteiger partial charge in [0, 0.05) is 34.3 Å². The van der Waals surface area contributed by atoms with Crippen molar-refractivity contribution in [1.82, 2.24) is 10.6 Å². The Balaban J connectivity index is 0.00000324. The molecule has 1 aliphatic rings. The second-order valence-electron chi connectivity index (χ2n) is 5.91. The zero-order valence-corrected chi connectivity index (χ0v) is 13.8. The van der Waals surface area contributed by atoms with Crippen LogP contribution in [0.4, 0.5) is 0 Å². The van der Waals surface area contributed by atoms with E-state index in [1.54, 1.807) is 0 Å². The van der Waals surface area contributed by atoms with E-state index in [4.69, 9.17) is 0 Å². The number of nitrogens with one attached hydrogen (secondary N) is 2. The molecule has 0 spiro atoms. The average molecular weight is 311 g/mol. The Hall–Kier alpha value is -0.130. The zero-order chi connectivity index (χ0) is 13.6. The summed E-state index contributed by atoms with van der Waals surface area (Å²) >= 11 is 0. The van der Waals surface area contributed by atoms with Gasteiger partial charge in [-0.05, 0) is 52.6 Å². The van der Waals surface area contributed by atoms with Crippen LogP contribution in [0.15, 0.2) is 0 Å². The number of amides is 1. The van der Waals surface area contributed by atoms with Crippen LogP contribution < -0.4 is 10.6 Å². The van der Waals surface area contributed by atoms with E-state index in [1.807, 2.05) is 20.8 Å². The van der Waals surface area contributed by atoms with E-state index in [-0.39, 0.29) is 23.1 Å². The Labute approximate surface area is 125 Å². The van der Waals surface area contributed by atoms with Gasteiger partial charge in [-0.3, -0.25) is 9.00 Å². The lowest BCUT2D eigenvalue weighted by Gasteiger charge is -2.17. The van der Waals surface area contributed by atoms with Gasteiger partial charge in [-0.1, -0.05) is 0 Å². The first-order valence-electron chi connectivity index (χ1n) is 6.75. The summed E-state index contributed by atoms with van der Waals surface area (Å²) in [5.74, 6) is 1.28. The van der Waals surface area contributed by atoms with Gasteiger partial charge < -0.3 is 10.6 Å². The molecule has 1 rings (SSSR count). The van der Waals surface area contributed by atoms with Crippen molar-refractivity contribution in [2.75, 3.05) is 25.4 Å². The molecule has 0 bridgehead atoms. The van der Waals surface area contributed by atoms with Gasteiger partial charge in [-0.2, -0.15) is 0 Å². The maximum Gasteiger partial charge on any atom is 0.220 e. The summed E-state index contributed by atoms with van der Waals surface area (Å²) in [6.07, 6.45) is 2.73. The molecule has 1 fully saturated rings. The molecular weight excluding hydrogens is 284 g/mol. The van der Waals surface area contributed by atoms with Gasteiger partial charge in [0.25, 0.3) is 0 Å². The molecule has 114 valence electrons. The zero-order valence-electron chi connectivity index (χ0n) is 12.2. The van der Waals surface area contributed by atoms with E-state index in [2.05, 4.69) is 10.6 Å². The van der Waals surface area contributed by atoms with E-state index in [9.17, 15) is 9.00 Å². The second kappa shape index (κ2) is 8.93. The van der Waals surface area contributed by atoms with E-state index < -0.39 is 10.8 Å². The summed E-state index contributed by atoms with van der Waals surface area (Å²) in [6.45, 7) is 8.51.